The first-order valence-corrected chi connectivity index (χ1v) is 23.0. The van der Waals surface area contributed by atoms with E-state index in [4.69, 9.17) is 14.2 Å². The highest BCUT2D eigenvalue weighted by Crippen LogP contribution is 2.34. The minimum Gasteiger partial charge on any atom is -0.377 e. The second-order valence-corrected chi connectivity index (χ2v) is 17.7. The number of rotatable bonds is 20. The summed E-state index contributed by atoms with van der Waals surface area (Å²) in [5.41, 5.74) is 5.58. The van der Waals surface area contributed by atoms with E-state index in [0.29, 0.717) is 82.3 Å². The van der Waals surface area contributed by atoms with Crippen LogP contribution in [0.5, 0.6) is 0 Å². The molecular formula is C51H65F3N8O7. The maximum atomic E-state index is 13.1. The van der Waals surface area contributed by atoms with Gasteiger partial charge in [-0.1, -0.05) is 45.0 Å². The number of likely N-dealkylation sites (tertiary alicyclic amines) is 1. The second kappa shape index (κ2) is 24.9. The van der Waals surface area contributed by atoms with Gasteiger partial charge >= 0.3 is 6.18 Å². The molecule has 1 saturated heterocycles. The number of amides is 3. The molecule has 18 heteroatoms. The number of aldehydes is 1. The van der Waals surface area contributed by atoms with Crippen LogP contribution in [0.2, 0.25) is 0 Å². The van der Waals surface area contributed by atoms with Gasteiger partial charge in [0, 0.05) is 66.8 Å². The quantitative estimate of drug-likeness (QED) is 0.0412. The fraction of sp³-hybridized carbons (Fsp3) is 0.451. The van der Waals surface area contributed by atoms with E-state index in [-0.39, 0.29) is 35.8 Å². The van der Waals surface area contributed by atoms with Crippen molar-refractivity contribution in [2.45, 2.75) is 79.2 Å². The van der Waals surface area contributed by atoms with Crippen LogP contribution in [0.4, 0.5) is 13.2 Å². The van der Waals surface area contributed by atoms with Gasteiger partial charge in [0.05, 0.1) is 50.2 Å². The molecule has 372 valence electrons. The van der Waals surface area contributed by atoms with E-state index in [1.165, 1.54) is 12.1 Å². The monoisotopic (exact) mass is 958 g/mol. The molecule has 6 rings (SSSR count). The Hall–Kier alpha value is -6.21. The van der Waals surface area contributed by atoms with E-state index in [0.717, 1.165) is 57.2 Å². The Kier molecular flexibility index (Phi) is 19.4. The molecule has 1 aliphatic heterocycles. The van der Waals surface area contributed by atoms with Crippen molar-refractivity contribution < 1.29 is 46.6 Å². The largest absolute Gasteiger partial charge is 0.416 e. The van der Waals surface area contributed by atoms with Gasteiger partial charge in [-0.2, -0.15) is 18.3 Å². The number of likely N-dealkylation sites (N-methyl/N-ethyl adjacent to an activating group) is 1. The van der Waals surface area contributed by atoms with Gasteiger partial charge in [-0.25, -0.2) is 0 Å². The molecule has 3 aromatic carbocycles. The van der Waals surface area contributed by atoms with Crippen molar-refractivity contribution >= 4 is 57.7 Å². The van der Waals surface area contributed by atoms with Crippen LogP contribution in [0.3, 0.4) is 0 Å². The molecule has 3 heterocycles. The molecule has 2 atom stereocenters. The number of ether oxygens (including phenoxy) is 3. The van der Waals surface area contributed by atoms with Gasteiger partial charge in [0.2, 0.25) is 11.8 Å². The van der Waals surface area contributed by atoms with Crippen molar-refractivity contribution in [3.05, 3.63) is 101 Å². The molecule has 1 aliphatic rings. The van der Waals surface area contributed by atoms with Gasteiger partial charge < -0.3 is 39.9 Å². The van der Waals surface area contributed by atoms with E-state index < -0.39 is 17.8 Å². The molecule has 0 spiro atoms. The fourth-order valence-corrected chi connectivity index (χ4v) is 8.08. The van der Waals surface area contributed by atoms with Crippen molar-refractivity contribution in [3.63, 3.8) is 0 Å². The number of halogens is 3. The molecule has 69 heavy (non-hydrogen) atoms. The lowest BCUT2D eigenvalue weighted by Crippen LogP contribution is -2.55. The van der Waals surface area contributed by atoms with E-state index in [1.807, 2.05) is 52.9 Å². The highest BCUT2D eigenvalue weighted by atomic mass is 19.4. The Labute approximate surface area is 401 Å². The number of hydrogen-bond donors (Lipinski definition) is 3. The first-order chi connectivity index (χ1) is 32.9. The zero-order valence-electron chi connectivity index (χ0n) is 40.7. The number of fused-ring (bicyclic) bond motifs is 3. The Morgan fingerprint density at radius 1 is 0.884 bits per heavy atom. The number of benzene rings is 3. The van der Waals surface area contributed by atoms with E-state index in [9.17, 15) is 32.3 Å². The zero-order chi connectivity index (χ0) is 50.3. The van der Waals surface area contributed by atoms with Crippen LogP contribution in [0.1, 0.15) is 81.4 Å². The lowest BCUT2D eigenvalue weighted by molar-refractivity contribution is -0.142. The van der Waals surface area contributed by atoms with Crippen LogP contribution in [0.25, 0.3) is 33.2 Å². The minimum absolute atomic E-state index is 0.00405. The number of allylic oxidation sites excluding steroid dienone is 2. The van der Waals surface area contributed by atoms with Gasteiger partial charge in [-0.15, -0.1) is 0 Å². The van der Waals surface area contributed by atoms with Gasteiger partial charge in [-0.05, 0) is 105 Å². The summed E-state index contributed by atoms with van der Waals surface area (Å²) in [4.78, 5) is 54.9. The molecule has 2 aromatic heterocycles. The summed E-state index contributed by atoms with van der Waals surface area (Å²) < 4.78 is 58.2. The maximum absolute atomic E-state index is 13.1. The van der Waals surface area contributed by atoms with Crippen LogP contribution < -0.4 is 16.0 Å². The number of hydrogen-bond acceptors (Lipinski definition) is 10. The van der Waals surface area contributed by atoms with Crippen LogP contribution in [0, 0.1) is 5.41 Å². The summed E-state index contributed by atoms with van der Waals surface area (Å²) in [5.74, 6) is -0.356. The molecular weight excluding hydrogens is 894 g/mol. The lowest BCUT2D eigenvalue weighted by Gasteiger charge is -2.34. The summed E-state index contributed by atoms with van der Waals surface area (Å²) >= 11 is 0. The van der Waals surface area contributed by atoms with Crippen LogP contribution in [-0.2, 0) is 48.4 Å². The highest BCUT2D eigenvalue weighted by molar-refractivity contribution is 6.10. The van der Waals surface area contributed by atoms with Crippen LogP contribution >= 0.6 is 0 Å². The van der Waals surface area contributed by atoms with Gasteiger partial charge in [0.25, 0.3) is 5.91 Å². The number of carbonyl (C=O) groups is 4. The first kappa shape index (κ1) is 53.7. The SMILES string of the molecule is CC=N/C(C)=C(\C)c1ccc(CNC(=O)C2CCCN2C(=O)C(NC)C(C)(C)C)cc1.Cn1cc2c3cc(C(=O)NCCOCCOCCOCC=O)ccc3n(-c3ccc(C(F)(F)F)cc3)c2n1. The van der Waals surface area contributed by atoms with Crippen molar-refractivity contribution in [2.75, 3.05) is 59.8 Å². The Morgan fingerprint density at radius 2 is 1.54 bits per heavy atom. The molecule has 0 radical (unpaired) electrons. The average Bonchev–Trinajstić information content (AvgIpc) is 4.04. The fourth-order valence-electron chi connectivity index (χ4n) is 8.08. The van der Waals surface area contributed by atoms with Crippen molar-refractivity contribution in [3.8, 4) is 5.69 Å². The molecule has 2 unspecified atom stereocenters. The standard InChI is InChI=1S/C26H27F3N4O5.C25H38N4O2/c1-32-17-22-21-16-18(25(35)30-8-10-36-12-14-38-15-13-37-11-9-34)2-7-23(21)33(24(22)31-32)20-5-3-19(4-6-20)26(27,28)29;1-8-27-18(3)17(2)20-13-11-19(12-14-20)16-28-23(30)21-10-9-15-29(21)24(31)22(26-7)25(4,5)6/h2-7,9,16-17H,8,10-15H2,1H3,(H,30,35);8,11-14,21-22,26H,9-10,15-16H2,1-7H3,(H,28,30)/b;18-17+,27-8?. The van der Waals surface area contributed by atoms with Crippen LogP contribution in [0.15, 0.2) is 83.6 Å². The molecule has 0 bridgehead atoms. The van der Waals surface area contributed by atoms with Crippen LogP contribution in [-0.4, -0.2) is 121 Å². The number of nitrogens with one attached hydrogen (secondary N) is 3. The molecule has 0 aliphatic carbocycles. The number of aromatic nitrogens is 3. The summed E-state index contributed by atoms with van der Waals surface area (Å²) in [6.45, 7) is 15.2. The summed E-state index contributed by atoms with van der Waals surface area (Å²) in [6.07, 6.45) is 1.41. The Morgan fingerprint density at radius 3 is 2.16 bits per heavy atom. The number of nitrogens with zero attached hydrogens (tertiary/aromatic N) is 5. The summed E-state index contributed by atoms with van der Waals surface area (Å²) in [7, 11) is 3.56. The third-order valence-electron chi connectivity index (χ3n) is 11.7. The number of alkyl halides is 3. The van der Waals surface area contributed by atoms with Gasteiger partial charge in [-0.3, -0.25) is 28.6 Å². The maximum Gasteiger partial charge on any atom is 0.416 e. The zero-order valence-corrected chi connectivity index (χ0v) is 40.7. The molecule has 3 amide bonds. The highest BCUT2D eigenvalue weighted by Gasteiger charge is 2.40. The molecule has 1 fully saturated rings. The molecule has 0 saturated carbocycles. The predicted molar refractivity (Wildman–Crippen MR) is 261 cm³/mol. The molecule has 15 nitrogen and oxygen atoms in total. The van der Waals surface area contributed by atoms with Crippen molar-refractivity contribution in [1.29, 1.82) is 0 Å². The third-order valence-corrected chi connectivity index (χ3v) is 11.7. The minimum atomic E-state index is -4.42. The lowest BCUT2D eigenvalue weighted by atomic mass is 9.86. The Balaban J connectivity index is 0.000000263. The van der Waals surface area contributed by atoms with E-state index in [2.05, 4.69) is 45.1 Å². The average molecular weight is 959 g/mol. The number of carbonyl (C=O) groups excluding carboxylic acids is 4. The summed E-state index contributed by atoms with van der Waals surface area (Å²) in [5, 5.41) is 15.0. The van der Waals surface area contributed by atoms with E-state index >= 15 is 0 Å². The Bertz CT molecular complexity index is 2580. The van der Waals surface area contributed by atoms with Gasteiger partial charge in [0.1, 0.15) is 18.9 Å². The van der Waals surface area contributed by atoms with Gasteiger partial charge in [0.15, 0.2) is 5.65 Å². The topological polar surface area (TPSA) is 170 Å². The number of aliphatic imine (C=N–C) groups is 1. The third kappa shape index (κ3) is 14.4. The van der Waals surface area contributed by atoms with Crippen molar-refractivity contribution in [2.24, 2.45) is 17.5 Å². The van der Waals surface area contributed by atoms with E-state index in [1.54, 1.807) is 52.7 Å². The number of aryl methyl sites for hydroxylation is 1. The summed E-state index contributed by atoms with van der Waals surface area (Å²) in [6, 6.07) is 17.5. The molecule has 3 N–H and O–H groups in total. The second-order valence-electron chi connectivity index (χ2n) is 17.7. The predicted octanol–water partition coefficient (Wildman–Crippen LogP) is 7.28. The first-order valence-electron chi connectivity index (χ1n) is 23.0. The smallest absolute Gasteiger partial charge is 0.377 e. The normalized spacial score (nSPS) is 15.0. The molecule has 5 aromatic rings. The van der Waals surface area contributed by atoms with Crippen molar-refractivity contribution in [1.82, 2.24) is 35.2 Å².